The van der Waals surface area contributed by atoms with Crippen LogP contribution < -0.4 is 5.32 Å². The summed E-state index contributed by atoms with van der Waals surface area (Å²) in [6, 6.07) is 25.2. The summed E-state index contributed by atoms with van der Waals surface area (Å²) in [6.45, 7) is 3.01. The molecule has 4 heteroatoms. The second kappa shape index (κ2) is 8.66. The van der Waals surface area contributed by atoms with Crippen LogP contribution in [0.4, 0.5) is 0 Å². The van der Waals surface area contributed by atoms with Gasteiger partial charge in [0.05, 0.1) is 0 Å². The van der Waals surface area contributed by atoms with E-state index in [0.717, 1.165) is 48.5 Å². The van der Waals surface area contributed by atoms with Crippen LogP contribution >= 0.6 is 11.8 Å². The fourth-order valence-electron chi connectivity index (χ4n) is 4.30. The molecule has 3 nitrogen and oxygen atoms in total. The highest BCUT2D eigenvalue weighted by molar-refractivity contribution is 7.99. The summed E-state index contributed by atoms with van der Waals surface area (Å²) < 4.78 is 0. The minimum atomic E-state index is 0.0398. The van der Waals surface area contributed by atoms with Gasteiger partial charge in [-0.3, -0.25) is 4.79 Å². The molecule has 0 saturated carbocycles. The van der Waals surface area contributed by atoms with Crippen LogP contribution in [0.5, 0.6) is 0 Å². The van der Waals surface area contributed by atoms with E-state index >= 15 is 0 Å². The van der Waals surface area contributed by atoms with Gasteiger partial charge in [-0.1, -0.05) is 66.4 Å². The molecule has 2 aliphatic heterocycles. The molecule has 3 aromatic carbocycles. The lowest BCUT2D eigenvalue weighted by atomic mass is 9.98. The largest absolute Gasteiger partial charge is 0.348 e. The molecular formula is C26H25N2OS. The number of rotatable bonds is 5. The molecule has 30 heavy (non-hydrogen) atoms. The maximum atomic E-state index is 13.1. The zero-order valence-electron chi connectivity index (χ0n) is 16.9. The van der Waals surface area contributed by atoms with Crippen LogP contribution in [-0.4, -0.2) is 36.5 Å². The lowest BCUT2D eigenvalue weighted by Gasteiger charge is -2.22. The number of hydrogen-bond acceptors (Lipinski definition) is 3. The van der Waals surface area contributed by atoms with Crippen LogP contribution in [0.3, 0.4) is 0 Å². The van der Waals surface area contributed by atoms with Crippen LogP contribution in [0.15, 0.2) is 82.6 Å². The van der Waals surface area contributed by atoms with E-state index < -0.39 is 0 Å². The number of benzene rings is 3. The minimum Gasteiger partial charge on any atom is -0.348 e. The van der Waals surface area contributed by atoms with Gasteiger partial charge in [-0.25, -0.2) is 0 Å². The van der Waals surface area contributed by atoms with Crippen molar-refractivity contribution in [2.75, 3.05) is 19.6 Å². The van der Waals surface area contributed by atoms with Gasteiger partial charge in [0.25, 0.3) is 5.91 Å². The van der Waals surface area contributed by atoms with Gasteiger partial charge < -0.3 is 10.2 Å². The standard InChI is InChI=1S/C26H25N2OS/c29-26(27-21-14-16-28(18-21)15-13-19-7-2-1-3-8-19)22-10-6-12-25-23(22)17-20-9-4-5-11-24(20)30-25/h1-12,17,21H,13-16,18H2,(H,27,29). The van der Waals surface area contributed by atoms with Crippen molar-refractivity contribution in [2.45, 2.75) is 28.7 Å². The first kappa shape index (κ1) is 19.4. The highest BCUT2D eigenvalue weighted by Crippen LogP contribution is 2.41. The first-order valence-corrected chi connectivity index (χ1v) is 11.4. The summed E-state index contributed by atoms with van der Waals surface area (Å²) in [5.41, 5.74) is 4.37. The Hall–Kier alpha value is -2.56. The van der Waals surface area contributed by atoms with Crippen LogP contribution in [0.2, 0.25) is 0 Å². The summed E-state index contributed by atoms with van der Waals surface area (Å²) in [4.78, 5) is 18.0. The fourth-order valence-corrected chi connectivity index (χ4v) is 5.35. The van der Waals surface area contributed by atoms with E-state index in [-0.39, 0.29) is 11.9 Å². The second-order valence-corrected chi connectivity index (χ2v) is 9.08. The Labute approximate surface area is 182 Å². The van der Waals surface area contributed by atoms with Gasteiger partial charge in [0.2, 0.25) is 0 Å². The molecule has 1 amide bonds. The number of hydrogen-bond donors (Lipinski definition) is 1. The minimum absolute atomic E-state index is 0.0398. The Morgan fingerprint density at radius 1 is 0.967 bits per heavy atom. The fraction of sp³-hybridized carbons (Fsp3) is 0.231. The third-order valence-electron chi connectivity index (χ3n) is 5.92. The van der Waals surface area contributed by atoms with Crippen molar-refractivity contribution in [1.82, 2.24) is 10.2 Å². The summed E-state index contributed by atoms with van der Waals surface area (Å²) in [5, 5.41) is 3.29. The third kappa shape index (κ3) is 4.16. The normalized spacial score (nSPS) is 17.9. The van der Waals surface area contributed by atoms with Crippen molar-refractivity contribution in [3.63, 3.8) is 0 Å². The van der Waals surface area contributed by atoms with E-state index in [4.69, 9.17) is 0 Å². The molecule has 1 unspecified atom stereocenters. The first-order valence-electron chi connectivity index (χ1n) is 10.6. The number of nitrogens with zero attached hydrogens (tertiary/aromatic N) is 1. The third-order valence-corrected chi connectivity index (χ3v) is 7.08. The highest BCUT2D eigenvalue weighted by atomic mass is 32.2. The Bertz CT molecular complexity index is 1050. The molecule has 2 aliphatic rings. The lowest BCUT2D eigenvalue weighted by Crippen LogP contribution is -2.37. The Morgan fingerprint density at radius 3 is 2.67 bits per heavy atom. The molecule has 3 aromatic rings. The second-order valence-electron chi connectivity index (χ2n) is 8.00. The molecule has 0 spiro atoms. The average Bonchev–Trinajstić information content (AvgIpc) is 3.23. The summed E-state index contributed by atoms with van der Waals surface area (Å²) in [5.74, 6) is 0.0398. The number of likely N-dealkylation sites (tertiary alicyclic amines) is 1. The highest BCUT2D eigenvalue weighted by Gasteiger charge is 2.26. The zero-order chi connectivity index (χ0) is 20.3. The molecule has 0 aliphatic carbocycles. The van der Waals surface area contributed by atoms with E-state index in [2.05, 4.69) is 71.2 Å². The van der Waals surface area contributed by atoms with Gasteiger partial charge in [0.1, 0.15) is 0 Å². The summed E-state index contributed by atoms with van der Waals surface area (Å²) in [6.07, 6.45) is 4.22. The molecule has 5 rings (SSSR count). The van der Waals surface area contributed by atoms with Crippen molar-refractivity contribution in [3.8, 4) is 0 Å². The number of carbonyl (C=O) groups is 1. The molecule has 1 atom stereocenters. The van der Waals surface area contributed by atoms with Crippen LogP contribution in [0.25, 0.3) is 0 Å². The van der Waals surface area contributed by atoms with Gasteiger partial charge in [0, 0.05) is 47.5 Å². The number of nitrogens with one attached hydrogen (secondary N) is 1. The van der Waals surface area contributed by atoms with Crippen LogP contribution in [-0.2, 0) is 6.42 Å². The molecule has 2 heterocycles. The van der Waals surface area contributed by atoms with Gasteiger partial charge in [-0.15, -0.1) is 0 Å². The van der Waals surface area contributed by atoms with Gasteiger partial charge >= 0.3 is 0 Å². The molecular weight excluding hydrogens is 388 g/mol. The topological polar surface area (TPSA) is 32.3 Å². The van der Waals surface area contributed by atoms with E-state index in [9.17, 15) is 4.79 Å². The maximum absolute atomic E-state index is 13.1. The molecule has 0 aromatic heterocycles. The quantitative estimate of drug-likeness (QED) is 0.510. The van der Waals surface area contributed by atoms with Crippen molar-refractivity contribution in [3.05, 3.63) is 101 Å². The monoisotopic (exact) mass is 413 g/mol. The molecule has 1 fully saturated rings. The number of fused-ring (bicyclic) bond motifs is 2. The van der Waals surface area contributed by atoms with Crippen molar-refractivity contribution >= 4 is 17.7 Å². The number of carbonyl (C=O) groups excluding carboxylic acids is 1. The molecule has 1 N–H and O–H groups in total. The summed E-state index contributed by atoms with van der Waals surface area (Å²) >= 11 is 1.74. The summed E-state index contributed by atoms with van der Waals surface area (Å²) in [7, 11) is 0. The Balaban J connectivity index is 1.22. The van der Waals surface area contributed by atoms with E-state index in [1.165, 1.54) is 16.0 Å². The van der Waals surface area contributed by atoms with Crippen molar-refractivity contribution < 1.29 is 4.79 Å². The van der Waals surface area contributed by atoms with Gasteiger partial charge in [-0.05, 0) is 47.7 Å². The van der Waals surface area contributed by atoms with Crippen LogP contribution in [0.1, 0.15) is 33.5 Å². The first-order chi connectivity index (χ1) is 14.8. The predicted octanol–water partition coefficient (Wildman–Crippen LogP) is 4.80. The van der Waals surface area contributed by atoms with Gasteiger partial charge in [0.15, 0.2) is 0 Å². The molecule has 1 saturated heterocycles. The molecule has 151 valence electrons. The molecule has 1 radical (unpaired) electrons. The SMILES string of the molecule is O=C(NC1CCN(CCc2ccccc2)C1)c1cccc2c1[CH]c1ccccc1S2. The average molecular weight is 414 g/mol. The number of amides is 1. The van der Waals surface area contributed by atoms with Gasteiger partial charge in [-0.2, -0.15) is 0 Å². The van der Waals surface area contributed by atoms with E-state index in [1.54, 1.807) is 11.8 Å². The Morgan fingerprint density at radius 2 is 1.77 bits per heavy atom. The Kier molecular flexibility index (Phi) is 5.60. The van der Waals surface area contributed by atoms with E-state index in [0.29, 0.717) is 0 Å². The van der Waals surface area contributed by atoms with Crippen LogP contribution in [0, 0.1) is 6.42 Å². The maximum Gasteiger partial charge on any atom is 0.251 e. The lowest BCUT2D eigenvalue weighted by molar-refractivity contribution is 0.0937. The van der Waals surface area contributed by atoms with Crippen molar-refractivity contribution in [2.24, 2.45) is 0 Å². The zero-order valence-corrected chi connectivity index (χ0v) is 17.7. The van der Waals surface area contributed by atoms with E-state index in [1.807, 2.05) is 18.2 Å². The smallest absolute Gasteiger partial charge is 0.251 e. The molecule has 0 bridgehead atoms. The predicted molar refractivity (Wildman–Crippen MR) is 122 cm³/mol. The van der Waals surface area contributed by atoms with Crippen molar-refractivity contribution in [1.29, 1.82) is 0 Å².